The largest absolute Gasteiger partial charge is 0.219 e. The molecular weight excluding hydrogens is 112 g/mol. The molecule has 0 rings (SSSR count). The summed E-state index contributed by atoms with van der Waals surface area (Å²) in [4.78, 5) is 0. The molecule has 0 aliphatic heterocycles. The van der Waals surface area contributed by atoms with Gasteiger partial charge in [0.15, 0.2) is 0 Å². The summed E-state index contributed by atoms with van der Waals surface area (Å²) in [7, 11) is 0. The van der Waals surface area contributed by atoms with Crippen molar-refractivity contribution in [2.24, 2.45) is 0 Å². The highest BCUT2D eigenvalue weighted by Gasteiger charge is 1.56. The van der Waals surface area contributed by atoms with Crippen molar-refractivity contribution < 1.29 is 20.6 Å². The van der Waals surface area contributed by atoms with Crippen molar-refractivity contribution in [1.29, 1.82) is 0 Å². The maximum atomic E-state index is 6.90. The van der Waals surface area contributed by atoms with Crippen LogP contribution in [-0.2, 0) is 10.1 Å². The summed E-state index contributed by atoms with van der Waals surface area (Å²) in [6.45, 7) is 4.36. The lowest BCUT2D eigenvalue weighted by Crippen LogP contribution is -1.75. The molecule has 0 bridgehead atoms. The SMILES string of the molecule is CCCC.OOOO. The molecule has 0 amide bonds. The first-order chi connectivity index (χ1) is 3.83. The lowest BCUT2D eigenvalue weighted by molar-refractivity contribution is -0.611. The van der Waals surface area contributed by atoms with Gasteiger partial charge in [0.2, 0.25) is 0 Å². The predicted molar refractivity (Wildman–Crippen MR) is 28.0 cm³/mol. The number of hydrogen-bond acceptors (Lipinski definition) is 4. The van der Waals surface area contributed by atoms with E-state index in [0.29, 0.717) is 0 Å². The molecule has 2 N–H and O–H groups in total. The molecule has 0 heterocycles. The Balaban J connectivity index is 0. The summed E-state index contributed by atoms with van der Waals surface area (Å²) in [5.74, 6) is 0. The van der Waals surface area contributed by atoms with E-state index in [-0.39, 0.29) is 0 Å². The van der Waals surface area contributed by atoms with E-state index < -0.39 is 0 Å². The van der Waals surface area contributed by atoms with Crippen molar-refractivity contribution in [3.63, 3.8) is 0 Å². The van der Waals surface area contributed by atoms with Gasteiger partial charge in [-0.15, -0.1) is 0 Å². The lowest BCUT2D eigenvalue weighted by Gasteiger charge is -1.71. The van der Waals surface area contributed by atoms with Gasteiger partial charge >= 0.3 is 0 Å². The Labute approximate surface area is 48.4 Å². The Hall–Kier alpha value is -0.160. The highest BCUT2D eigenvalue weighted by Crippen LogP contribution is 1.76. The Kier molecular flexibility index (Phi) is 21.3. The van der Waals surface area contributed by atoms with Crippen molar-refractivity contribution in [2.75, 3.05) is 0 Å². The van der Waals surface area contributed by atoms with Crippen LogP contribution in [0.15, 0.2) is 0 Å². The molecule has 4 heteroatoms. The molecular formula is C4H12O4. The first-order valence-corrected chi connectivity index (χ1v) is 2.45. The van der Waals surface area contributed by atoms with Crippen LogP contribution < -0.4 is 0 Å². The maximum Gasteiger partial charge on any atom is -0.0395 e. The molecule has 0 atom stereocenters. The molecule has 52 valence electrons. The van der Waals surface area contributed by atoms with E-state index in [2.05, 4.69) is 23.9 Å². The topological polar surface area (TPSA) is 58.9 Å². The second kappa shape index (κ2) is 15.8. The summed E-state index contributed by atoms with van der Waals surface area (Å²) in [5, 5.41) is 19.0. The summed E-state index contributed by atoms with van der Waals surface area (Å²) in [6, 6.07) is 0. The van der Waals surface area contributed by atoms with Crippen LogP contribution in [0.5, 0.6) is 0 Å². The predicted octanol–water partition coefficient (Wildman–Crippen LogP) is 1.69. The van der Waals surface area contributed by atoms with Crippen LogP contribution in [0.4, 0.5) is 0 Å². The molecule has 0 saturated carbocycles. The summed E-state index contributed by atoms with van der Waals surface area (Å²) in [6.07, 6.45) is 2.64. The third-order valence-corrected chi connectivity index (χ3v) is 0.533. The van der Waals surface area contributed by atoms with Crippen molar-refractivity contribution in [2.45, 2.75) is 26.7 Å². The monoisotopic (exact) mass is 124 g/mol. The highest BCUT2D eigenvalue weighted by atomic mass is 17.6. The quantitative estimate of drug-likeness (QED) is 0.434. The van der Waals surface area contributed by atoms with Crippen LogP contribution in [0.1, 0.15) is 26.7 Å². The second-order valence-electron chi connectivity index (χ2n) is 1.15. The standard InChI is InChI=1S/C4H10.H2O4/c2*1-3-4-2/h3-4H2,1-2H3;1-2H. The molecule has 0 aromatic carbocycles. The van der Waals surface area contributed by atoms with E-state index in [9.17, 15) is 0 Å². The molecule has 0 radical (unpaired) electrons. The maximum absolute atomic E-state index is 6.90. The fourth-order valence-corrected chi connectivity index (χ4v) is 0. The van der Waals surface area contributed by atoms with Crippen LogP contribution in [0.2, 0.25) is 0 Å². The fourth-order valence-electron chi connectivity index (χ4n) is 0. The molecule has 8 heavy (non-hydrogen) atoms. The Bertz CT molecular complexity index is 16.0. The van der Waals surface area contributed by atoms with Crippen LogP contribution in [0.3, 0.4) is 0 Å². The second-order valence-corrected chi connectivity index (χ2v) is 1.15. The van der Waals surface area contributed by atoms with Gasteiger partial charge in [0, 0.05) is 0 Å². The van der Waals surface area contributed by atoms with E-state index in [0.717, 1.165) is 0 Å². The van der Waals surface area contributed by atoms with Crippen molar-refractivity contribution >= 4 is 0 Å². The van der Waals surface area contributed by atoms with Gasteiger partial charge < -0.3 is 0 Å². The van der Waals surface area contributed by atoms with Crippen LogP contribution >= 0.6 is 0 Å². The van der Waals surface area contributed by atoms with Gasteiger partial charge in [-0.05, 0) is 10.1 Å². The first kappa shape index (κ1) is 10.8. The van der Waals surface area contributed by atoms with Crippen LogP contribution in [-0.4, -0.2) is 10.5 Å². The molecule has 0 aliphatic rings. The van der Waals surface area contributed by atoms with Crippen molar-refractivity contribution in [3.05, 3.63) is 0 Å². The van der Waals surface area contributed by atoms with E-state index in [4.69, 9.17) is 10.5 Å². The molecule has 4 nitrogen and oxygen atoms in total. The van der Waals surface area contributed by atoms with Gasteiger partial charge in [0.25, 0.3) is 0 Å². The molecule has 0 unspecified atom stereocenters. The molecule has 0 fully saturated rings. The van der Waals surface area contributed by atoms with E-state index >= 15 is 0 Å². The molecule has 0 saturated heterocycles. The smallest absolute Gasteiger partial charge is 0.0395 e. The Morgan fingerprint density at radius 3 is 1.25 bits per heavy atom. The third-order valence-electron chi connectivity index (χ3n) is 0.533. The number of unbranched alkanes of at least 4 members (excludes halogenated alkanes) is 1. The minimum Gasteiger partial charge on any atom is -0.219 e. The van der Waals surface area contributed by atoms with E-state index in [1.54, 1.807) is 0 Å². The van der Waals surface area contributed by atoms with Crippen LogP contribution in [0.25, 0.3) is 0 Å². The van der Waals surface area contributed by atoms with Gasteiger partial charge in [-0.2, -0.15) is 0 Å². The van der Waals surface area contributed by atoms with Gasteiger partial charge in [0.05, 0.1) is 0 Å². The average Bonchev–Trinajstić information content (AvgIpc) is 1.88. The van der Waals surface area contributed by atoms with E-state index in [1.807, 2.05) is 0 Å². The molecule has 0 aliphatic carbocycles. The molecule has 0 aromatic rings. The molecule has 0 aromatic heterocycles. The minimum atomic E-state index is 1.32. The van der Waals surface area contributed by atoms with Crippen LogP contribution in [0, 0.1) is 0 Å². The fraction of sp³-hybridized carbons (Fsp3) is 1.00. The third kappa shape index (κ3) is 40.4. The van der Waals surface area contributed by atoms with Crippen molar-refractivity contribution in [1.82, 2.24) is 0 Å². The molecule has 0 spiro atoms. The van der Waals surface area contributed by atoms with Gasteiger partial charge in [-0.1, -0.05) is 26.7 Å². The summed E-state index contributed by atoms with van der Waals surface area (Å²) >= 11 is 0. The Morgan fingerprint density at radius 2 is 1.25 bits per heavy atom. The lowest BCUT2D eigenvalue weighted by atomic mass is 10.4. The zero-order valence-corrected chi connectivity index (χ0v) is 5.13. The number of rotatable bonds is 2. The van der Waals surface area contributed by atoms with Gasteiger partial charge in [-0.3, -0.25) is 0 Å². The highest BCUT2D eigenvalue weighted by molar-refractivity contribution is 4.12. The summed E-state index contributed by atoms with van der Waals surface area (Å²) < 4.78 is 0. The van der Waals surface area contributed by atoms with Gasteiger partial charge in [-0.25, -0.2) is 10.5 Å². The normalized spacial score (nSPS) is 7.50. The first-order valence-electron chi connectivity index (χ1n) is 2.45. The minimum absolute atomic E-state index is 1.32. The zero-order chi connectivity index (χ0) is 6.83. The van der Waals surface area contributed by atoms with E-state index in [1.165, 1.54) is 12.8 Å². The number of hydrogen-bond donors (Lipinski definition) is 2. The Morgan fingerprint density at radius 1 is 1.00 bits per heavy atom. The van der Waals surface area contributed by atoms with Gasteiger partial charge in [0.1, 0.15) is 0 Å². The summed E-state index contributed by atoms with van der Waals surface area (Å²) in [5.41, 5.74) is 0. The van der Waals surface area contributed by atoms with Crippen molar-refractivity contribution in [3.8, 4) is 0 Å². The zero-order valence-electron chi connectivity index (χ0n) is 5.13. The average molecular weight is 124 g/mol.